The van der Waals surface area contributed by atoms with E-state index in [0.717, 1.165) is 30.0 Å². The first-order valence-electron chi connectivity index (χ1n) is 13.0. The molecule has 0 spiro atoms. The molecule has 1 aliphatic heterocycles. The summed E-state index contributed by atoms with van der Waals surface area (Å²) < 4.78 is 5.31. The Morgan fingerprint density at radius 3 is 2.54 bits per heavy atom. The molecular formula is C30H37N3O3S. The minimum atomic E-state index is -0.477. The van der Waals surface area contributed by atoms with E-state index in [9.17, 15) is 9.59 Å². The zero-order valence-corrected chi connectivity index (χ0v) is 22.7. The average molecular weight is 520 g/mol. The molecule has 6 nitrogen and oxygen atoms in total. The van der Waals surface area contributed by atoms with Crippen LogP contribution in [0, 0.1) is 0 Å². The largest absolute Gasteiger partial charge is 0.383 e. The molecule has 1 N–H and O–H groups in total. The molecule has 196 valence electrons. The Morgan fingerprint density at radius 2 is 1.84 bits per heavy atom. The Hall–Kier alpha value is -3.00. The summed E-state index contributed by atoms with van der Waals surface area (Å²) in [4.78, 5) is 32.5. The van der Waals surface area contributed by atoms with Crippen LogP contribution in [0.1, 0.15) is 58.6 Å². The Kier molecular flexibility index (Phi) is 9.50. The van der Waals surface area contributed by atoms with Crippen molar-refractivity contribution in [2.75, 3.05) is 33.4 Å². The molecule has 7 heteroatoms. The number of ether oxygens (including phenoxy) is 1. The van der Waals surface area contributed by atoms with Gasteiger partial charge in [-0.1, -0.05) is 54.6 Å². The number of methoxy groups -OCH3 is 1. The summed E-state index contributed by atoms with van der Waals surface area (Å²) in [6.07, 6.45) is 0.848. The van der Waals surface area contributed by atoms with Crippen molar-refractivity contribution in [1.82, 2.24) is 15.1 Å². The van der Waals surface area contributed by atoms with E-state index in [2.05, 4.69) is 48.3 Å². The van der Waals surface area contributed by atoms with Crippen molar-refractivity contribution < 1.29 is 14.3 Å². The number of hydrogen-bond acceptors (Lipinski definition) is 5. The van der Waals surface area contributed by atoms with Gasteiger partial charge in [0, 0.05) is 49.8 Å². The molecule has 4 rings (SSSR count). The molecule has 37 heavy (non-hydrogen) atoms. The molecule has 1 aliphatic rings. The number of hydrogen-bond donors (Lipinski definition) is 1. The number of carbonyl (C=O) groups is 2. The summed E-state index contributed by atoms with van der Waals surface area (Å²) in [6.45, 7) is 7.61. The van der Waals surface area contributed by atoms with Gasteiger partial charge in [-0.2, -0.15) is 0 Å². The SMILES string of the molecule is COCCN1C(=O)c2ccccc2[C@H](C(=O)NCCCN(Cc2ccccc2)C(C)C)[C@H]1c1cccs1. The lowest BCUT2D eigenvalue weighted by molar-refractivity contribution is -0.124. The average Bonchev–Trinajstić information content (AvgIpc) is 3.45. The van der Waals surface area contributed by atoms with Crippen LogP contribution in [0.2, 0.25) is 0 Å². The number of thiophene rings is 1. The molecule has 2 aromatic carbocycles. The van der Waals surface area contributed by atoms with Crippen LogP contribution in [-0.2, 0) is 16.1 Å². The van der Waals surface area contributed by atoms with Gasteiger partial charge in [0.2, 0.25) is 5.91 Å². The van der Waals surface area contributed by atoms with Gasteiger partial charge in [-0.25, -0.2) is 0 Å². The lowest BCUT2D eigenvalue weighted by Gasteiger charge is -2.41. The van der Waals surface area contributed by atoms with E-state index in [-0.39, 0.29) is 17.9 Å². The third-order valence-corrected chi connectivity index (χ3v) is 7.92. The number of nitrogens with one attached hydrogen (secondary N) is 1. The van der Waals surface area contributed by atoms with Gasteiger partial charge in [0.15, 0.2) is 0 Å². The van der Waals surface area contributed by atoms with Gasteiger partial charge in [-0.15, -0.1) is 11.3 Å². The molecule has 1 aromatic heterocycles. The summed E-state index contributed by atoms with van der Waals surface area (Å²) >= 11 is 1.58. The fraction of sp³-hybridized carbons (Fsp3) is 0.400. The topological polar surface area (TPSA) is 61.9 Å². The molecule has 2 heterocycles. The highest BCUT2D eigenvalue weighted by molar-refractivity contribution is 7.10. The summed E-state index contributed by atoms with van der Waals surface area (Å²) in [5.74, 6) is -0.571. The molecule has 0 radical (unpaired) electrons. The number of carbonyl (C=O) groups excluding carboxylic acids is 2. The van der Waals surface area contributed by atoms with Gasteiger partial charge in [-0.05, 0) is 48.9 Å². The van der Waals surface area contributed by atoms with Crippen LogP contribution in [-0.4, -0.2) is 61.0 Å². The third-order valence-electron chi connectivity index (χ3n) is 6.97. The molecule has 2 atom stereocenters. The predicted molar refractivity (Wildman–Crippen MR) is 149 cm³/mol. The number of fused-ring (bicyclic) bond motifs is 1. The molecule has 0 bridgehead atoms. The Bertz CT molecular complexity index is 1150. The molecule has 0 saturated carbocycles. The first-order chi connectivity index (χ1) is 18.0. The lowest BCUT2D eigenvalue weighted by atomic mass is 9.81. The highest BCUT2D eigenvalue weighted by atomic mass is 32.1. The van der Waals surface area contributed by atoms with Crippen molar-refractivity contribution in [3.05, 3.63) is 93.7 Å². The predicted octanol–water partition coefficient (Wildman–Crippen LogP) is 5.09. The first-order valence-corrected chi connectivity index (χ1v) is 13.9. The summed E-state index contributed by atoms with van der Waals surface area (Å²) in [7, 11) is 1.63. The zero-order valence-electron chi connectivity index (χ0n) is 21.9. The quantitative estimate of drug-likeness (QED) is 0.339. The van der Waals surface area contributed by atoms with Gasteiger partial charge in [0.25, 0.3) is 5.91 Å². The van der Waals surface area contributed by atoms with Crippen molar-refractivity contribution in [1.29, 1.82) is 0 Å². The first kappa shape index (κ1) is 27.0. The van der Waals surface area contributed by atoms with Crippen molar-refractivity contribution in [2.24, 2.45) is 0 Å². The lowest BCUT2D eigenvalue weighted by Crippen LogP contribution is -2.48. The second kappa shape index (κ2) is 13.0. The van der Waals surface area contributed by atoms with E-state index in [1.54, 1.807) is 18.4 Å². The highest BCUT2D eigenvalue weighted by Crippen LogP contribution is 2.44. The molecular weight excluding hydrogens is 482 g/mol. The molecule has 0 saturated heterocycles. The fourth-order valence-electron chi connectivity index (χ4n) is 5.03. The number of nitrogens with zero attached hydrogens (tertiary/aromatic N) is 2. The van der Waals surface area contributed by atoms with Crippen molar-refractivity contribution >= 4 is 23.2 Å². The Balaban J connectivity index is 1.49. The summed E-state index contributed by atoms with van der Waals surface area (Å²) in [6, 6.07) is 22.0. The maximum atomic E-state index is 13.8. The van der Waals surface area contributed by atoms with E-state index in [0.29, 0.717) is 31.3 Å². The monoisotopic (exact) mass is 519 g/mol. The van der Waals surface area contributed by atoms with Crippen LogP contribution in [0.3, 0.4) is 0 Å². The van der Waals surface area contributed by atoms with Crippen LogP contribution in [0.5, 0.6) is 0 Å². The zero-order chi connectivity index (χ0) is 26.2. The minimum absolute atomic E-state index is 0.0417. The van der Waals surface area contributed by atoms with E-state index in [4.69, 9.17) is 4.74 Å². The van der Waals surface area contributed by atoms with Crippen LogP contribution in [0.25, 0.3) is 0 Å². The van der Waals surface area contributed by atoms with Gasteiger partial charge >= 0.3 is 0 Å². The van der Waals surface area contributed by atoms with Gasteiger partial charge in [0.05, 0.1) is 18.6 Å². The van der Waals surface area contributed by atoms with Crippen LogP contribution in [0.4, 0.5) is 0 Å². The van der Waals surface area contributed by atoms with Crippen LogP contribution in [0.15, 0.2) is 72.1 Å². The van der Waals surface area contributed by atoms with Crippen molar-refractivity contribution in [2.45, 2.75) is 44.8 Å². The van der Waals surface area contributed by atoms with Crippen molar-refractivity contribution in [3.63, 3.8) is 0 Å². The third kappa shape index (κ3) is 6.47. The van der Waals surface area contributed by atoms with E-state index >= 15 is 0 Å². The molecule has 2 amide bonds. The van der Waals surface area contributed by atoms with Gasteiger partial charge < -0.3 is 15.0 Å². The molecule has 0 fully saturated rings. The Labute approximate surface area is 224 Å². The number of rotatable bonds is 12. The Morgan fingerprint density at radius 1 is 1.08 bits per heavy atom. The second-order valence-corrected chi connectivity index (χ2v) is 10.7. The molecule has 3 aromatic rings. The maximum absolute atomic E-state index is 13.8. The number of amides is 2. The normalized spacial score (nSPS) is 17.3. The smallest absolute Gasteiger partial charge is 0.254 e. The van der Waals surface area contributed by atoms with Crippen LogP contribution >= 0.6 is 11.3 Å². The molecule has 0 aliphatic carbocycles. The number of benzene rings is 2. The van der Waals surface area contributed by atoms with E-state index in [1.165, 1.54) is 5.56 Å². The summed E-state index contributed by atoms with van der Waals surface area (Å²) in [5, 5.41) is 5.20. The fourth-order valence-corrected chi connectivity index (χ4v) is 5.90. The van der Waals surface area contributed by atoms with Crippen LogP contribution < -0.4 is 5.32 Å². The van der Waals surface area contributed by atoms with E-state index < -0.39 is 5.92 Å². The second-order valence-electron chi connectivity index (χ2n) is 9.71. The summed E-state index contributed by atoms with van der Waals surface area (Å²) in [5.41, 5.74) is 2.68. The van der Waals surface area contributed by atoms with E-state index in [1.807, 2.05) is 52.7 Å². The van der Waals surface area contributed by atoms with Gasteiger partial charge in [0.1, 0.15) is 0 Å². The maximum Gasteiger partial charge on any atom is 0.254 e. The molecule has 0 unspecified atom stereocenters. The standard InChI is InChI=1S/C30H37N3O3S/c1-22(2)32(21-23-11-5-4-6-12-23)17-10-16-31-29(34)27-24-13-7-8-14-25(24)30(35)33(18-19-36-3)28(27)26-15-9-20-37-26/h4-9,11-15,20,22,27-28H,10,16-19,21H2,1-3H3,(H,31,34)/t27-,28+/m0/s1. The highest BCUT2D eigenvalue weighted by Gasteiger charge is 2.44. The van der Waals surface area contributed by atoms with Gasteiger partial charge in [-0.3, -0.25) is 14.5 Å². The minimum Gasteiger partial charge on any atom is -0.383 e. The van der Waals surface area contributed by atoms with Crippen molar-refractivity contribution in [3.8, 4) is 0 Å².